The lowest BCUT2D eigenvalue weighted by molar-refractivity contribution is -0.137. The number of aliphatic hydroxyl groups excluding tert-OH is 1. The van der Waals surface area contributed by atoms with E-state index in [1.165, 1.54) is 18.3 Å². The molecule has 2 aromatic carbocycles. The Morgan fingerprint density at radius 1 is 1.19 bits per heavy atom. The van der Waals surface area contributed by atoms with Gasteiger partial charge in [-0.2, -0.15) is 13.2 Å². The number of hydrogen-bond acceptors (Lipinski definition) is 5. The van der Waals surface area contributed by atoms with Gasteiger partial charge in [0.15, 0.2) is 0 Å². The van der Waals surface area contributed by atoms with Gasteiger partial charge in [0.05, 0.1) is 34.7 Å². The summed E-state index contributed by atoms with van der Waals surface area (Å²) in [5.74, 6) is 0.314. The van der Waals surface area contributed by atoms with Crippen molar-refractivity contribution in [1.29, 1.82) is 0 Å². The van der Waals surface area contributed by atoms with Crippen LogP contribution in [-0.2, 0) is 6.18 Å². The monoisotopic (exact) mass is 494 g/mol. The summed E-state index contributed by atoms with van der Waals surface area (Å²) < 4.78 is 41.0. The van der Waals surface area contributed by atoms with E-state index >= 15 is 0 Å². The molecule has 3 aromatic heterocycles. The molecular weight excluding hydrogens is 473 g/mol. The van der Waals surface area contributed by atoms with Crippen molar-refractivity contribution in [2.45, 2.75) is 19.2 Å². The van der Waals surface area contributed by atoms with E-state index in [0.29, 0.717) is 22.5 Å². The van der Waals surface area contributed by atoms with Crippen molar-refractivity contribution in [2.75, 3.05) is 11.9 Å². The van der Waals surface area contributed by atoms with Gasteiger partial charge in [-0.25, -0.2) is 9.97 Å². The molecule has 0 fully saturated rings. The number of aliphatic hydroxyl groups is 1. The normalized spacial score (nSPS) is 12.7. The Morgan fingerprint density at radius 3 is 2.78 bits per heavy atom. The van der Waals surface area contributed by atoms with Crippen LogP contribution in [0.15, 0.2) is 72.2 Å². The number of aryl methyl sites for hydroxylation is 1. The summed E-state index contributed by atoms with van der Waals surface area (Å²) in [7, 11) is 0. The Kier molecular flexibility index (Phi) is 5.84. The number of nitrogens with zero attached hydrogens (tertiary/aromatic N) is 3. The van der Waals surface area contributed by atoms with E-state index in [-0.39, 0.29) is 17.7 Å². The highest BCUT2D eigenvalue weighted by Crippen LogP contribution is 2.31. The number of H-pyrrole nitrogens is 2. The molecule has 0 amide bonds. The van der Waals surface area contributed by atoms with Gasteiger partial charge >= 0.3 is 6.18 Å². The number of aromatic nitrogens is 5. The highest BCUT2D eigenvalue weighted by atomic mass is 19.4. The molecule has 184 valence electrons. The molecule has 36 heavy (non-hydrogen) atoms. The van der Waals surface area contributed by atoms with Crippen LogP contribution in [0.1, 0.15) is 22.8 Å². The number of hydrogen-bond donors (Lipinski definition) is 4. The molecule has 4 N–H and O–H groups in total. The molecule has 5 aromatic rings. The third-order valence-corrected chi connectivity index (χ3v) is 5.85. The van der Waals surface area contributed by atoms with Crippen LogP contribution in [0.3, 0.4) is 0 Å². The van der Waals surface area contributed by atoms with Crippen LogP contribution in [0.5, 0.6) is 0 Å². The van der Waals surface area contributed by atoms with Crippen molar-refractivity contribution >= 4 is 16.7 Å². The van der Waals surface area contributed by atoms with Crippen molar-refractivity contribution in [3.8, 4) is 17.1 Å². The number of nitrogens with one attached hydrogen (secondary N) is 3. The first-order valence-electron chi connectivity index (χ1n) is 11.0. The predicted molar refractivity (Wildman–Crippen MR) is 129 cm³/mol. The maximum atomic E-state index is 13.0. The largest absolute Gasteiger partial charge is 0.416 e. The Balaban J connectivity index is 1.45. The van der Waals surface area contributed by atoms with Gasteiger partial charge in [0.25, 0.3) is 5.56 Å². The maximum absolute atomic E-state index is 13.0. The zero-order valence-electron chi connectivity index (χ0n) is 19.0. The molecule has 0 bridgehead atoms. The fourth-order valence-corrected chi connectivity index (χ4v) is 4.06. The number of fused-ring (bicyclic) bond motifs is 1. The van der Waals surface area contributed by atoms with E-state index in [4.69, 9.17) is 0 Å². The van der Waals surface area contributed by atoms with Gasteiger partial charge in [-0.15, -0.1) is 0 Å². The Labute approximate surface area is 202 Å². The zero-order chi connectivity index (χ0) is 25.4. The number of rotatable bonds is 6. The zero-order valence-corrected chi connectivity index (χ0v) is 19.0. The summed E-state index contributed by atoms with van der Waals surface area (Å²) in [6.07, 6.45) is 0.855. The van der Waals surface area contributed by atoms with E-state index in [1.54, 1.807) is 18.6 Å². The minimum absolute atomic E-state index is 0.107. The van der Waals surface area contributed by atoms with Crippen molar-refractivity contribution in [3.63, 3.8) is 0 Å². The third kappa shape index (κ3) is 4.48. The molecule has 1 atom stereocenters. The topological polar surface area (TPSA) is 112 Å². The first kappa shape index (κ1) is 23.4. The fraction of sp³-hybridized carbons (Fsp3) is 0.160. The number of imidazole rings is 2. The lowest BCUT2D eigenvalue weighted by Gasteiger charge is -2.16. The molecule has 0 spiro atoms. The first-order chi connectivity index (χ1) is 17.2. The minimum atomic E-state index is -4.51. The van der Waals surface area contributed by atoms with Crippen LogP contribution < -0.4 is 10.9 Å². The first-order valence-corrected chi connectivity index (χ1v) is 11.0. The van der Waals surface area contributed by atoms with Crippen LogP contribution in [0.25, 0.3) is 28.1 Å². The van der Waals surface area contributed by atoms with Crippen molar-refractivity contribution in [2.24, 2.45) is 0 Å². The molecule has 8 nitrogen and oxygen atoms in total. The highest BCUT2D eigenvalue weighted by Gasteiger charge is 2.31. The van der Waals surface area contributed by atoms with E-state index in [1.807, 2.05) is 29.8 Å². The quantitative estimate of drug-likeness (QED) is 0.276. The molecule has 5 rings (SSSR count). The minimum Gasteiger partial charge on any atom is -0.387 e. The number of pyridine rings is 1. The summed E-state index contributed by atoms with van der Waals surface area (Å²) in [5, 5.41) is 13.5. The van der Waals surface area contributed by atoms with Crippen LogP contribution in [0.2, 0.25) is 0 Å². The Hall–Kier alpha value is -4.38. The lowest BCUT2D eigenvalue weighted by atomic mass is 10.1. The van der Waals surface area contributed by atoms with Crippen molar-refractivity contribution in [3.05, 3.63) is 94.4 Å². The van der Waals surface area contributed by atoms with E-state index in [9.17, 15) is 23.1 Å². The molecule has 0 aliphatic rings. The van der Waals surface area contributed by atoms with Crippen LogP contribution >= 0.6 is 0 Å². The molecule has 0 saturated carbocycles. The van der Waals surface area contributed by atoms with Gasteiger partial charge in [0.1, 0.15) is 11.4 Å². The molecule has 1 unspecified atom stereocenters. The van der Waals surface area contributed by atoms with E-state index < -0.39 is 23.4 Å². The van der Waals surface area contributed by atoms with Gasteiger partial charge in [0, 0.05) is 30.8 Å². The van der Waals surface area contributed by atoms with E-state index in [2.05, 4.69) is 25.3 Å². The fourth-order valence-electron chi connectivity index (χ4n) is 4.06. The second-order valence-corrected chi connectivity index (χ2v) is 8.33. The number of benzene rings is 2. The lowest BCUT2D eigenvalue weighted by Crippen LogP contribution is -2.17. The van der Waals surface area contributed by atoms with Gasteiger partial charge in [-0.3, -0.25) is 4.79 Å². The summed E-state index contributed by atoms with van der Waals surface area (Å²) >= 11 is 0. The second kappa shape index (κ2) is 9.00. The molecule has 0 radical (unpaired) electrons. The molecule has 0 aliphatic carbocycles. The molecule has 11 heteroatoms. The number of halogens is 3. The van der Waals surface area contributed by atoms with Gasteiger partial charge in [-0.1, -0.05) is 12.1 Å². The van der Waals surface area contributed by atoms with Crippen LogP contribution in [-0.4, -0.2) is 36.2 Å². The maximum Gasteiger partial charge on any atom is 0.416 e. The van der Waals surface area contributed by atoms with Crippen molar-refractivity contribution in [1.82, 2.24) is 24.5 Å². The van der Waals surface area contributed by atoms with Crippen LogP contribution in [0.4, 0.5) is 18.9 Å². The number of aromatic amines is 2. The smallest absolute Gasteiger partial charge is 0.387 e. The second-order valence-electron chi connectivity index (χ2n) is 8.33. The third-order valence-electron chi connectivity index (χ3n) is 5.85. The standard InChI is InChI=1S/C25H21F3N6O2/c1-14-9-17(34-8-7-29-13-34)11-19-22(14)33-23(32-19)21-18(5-6-30-24(21)36)31-12-20(35)15-3-2-4-16(10-15)25(26,27)28/h2-11,13,20,35H,12H2,1H3,(H,32,33)(H2,30,31,36). The average molecular weight is 494 g/mol. The van der Waals surface area contributed by atoms with Gasteiger partial charge < -0.3 is 25.0 Å². The molecule has 3 heterocycles. The molecular formula is C25H21F3N6O2. The highest BCUT2D eigenvalue weighted by molar-refractivity contribution is 5.86. The SMILES string of the molecule is Cc1cc(-n2ccnc2)cc2[nH]c(-c3c(NCC(O)c4cccc(C(F)(F)F)c4)cc[nH]c3=O)nc12. The predicted octanol–water partition coefficient (Wildman–Crippen LogP) is 4.58. The van der Waals surface area contributed by atoms with Gasteiger partial charge in [-0.05, 0) is 48.4 Å². The number of alkyl halides is 3. The van der Waals surface area contributed by atoms with Crippen LogP contribution in [0, 0.1) is 6.92 Å². The average Bonchev–Trinajstić information content (AvgIpc) is 3.52. The summed E-state index contributed by atoms with van der Waals surface area (Å²) in [6.45, 7) is 1.79. The Morgan fingerprint density at radius 2 is 2.03 bits per heavy atom. The van der Waals surface area contributed by atoms with Gasteiger partial charge in [0.2, 0.25) is 0 Å². The summed E-state index contributed by atoms with van der Waals surface area (Å²) in [5.41, 5.74) is 2.60. The van der Waals surface area contributed by atoms with Crippen molar-refractivity contribution < 1.29 is 18.3 Å². The molecule has 0 saturated heterocycles. The summed E-state index contributed by atoms with van der Waals surface area (Å²) in [4.78, 5) is 27.3. The number of anilines is 1. The molecule has 0 aliphatic heterocycles. The Bertz CT molecular complexity index is 1590. The summed E-state index contributed by atoms with van der Waals surface area (Å²) in [6, 6.07) is 9.96. The van der Waals surface area contributed by atoms with E-state index in [0.717, 1.165) is 23.4 Å².